The fourth-order valence-electron chi connectivity index (χ4n) is 2.03. The fraction of sp³-hybridized carbons (Fsp3) is 0.182. The van der Waals surface area contributed by atoms with E-state index in [1.54, 1.807) is 0 Å². The summed E-state index contributed by atoms with van der Waals surface area (Å²) in [5.74, 6) is 0. The van der Waals surface area contributed by atoms with Crippen molar-refractivity contribution in [2.24, 2.45) is 0 Å². The van der Waals surface area contributed by atoms with Crippen LogP contribution in [-0.2, 0) is 4.74 Å². The van der Waals surface area contributed by atoms with Crippen LogP contribution in [0.4, 0.5) is 0 Å². The second-order valence-corrected chi connectivity index (χ2v) is 14.8. The zero-order valence-electron chi connectivity index (χ0n) is 15.8. The van der Waals surface area contributed by atoms with Gasteiger partial charge in [0.25, 0.3) is 0 Å². The molecule has 0 unspecified atom stereocenters. The van der Waals surface area contributed by atoms with E-state index in [0.717, 1.165) is 13.2 Å². The molecule has 3 aromatic rings. The van der Waals surface area contributed by atoms with E-state index in [4.69, 9.17) is 4.74 Å². The summed E-state index contributed by atoms with van der Waals surface area (Å²) in [4.78, 5) is 0. The van der Waals surface area contributed by atoms with Gasteiger partial charge in [-0.3, -0.25) is 0 Å². The van der Waals surface area contributed by atoms with E-state index in [0.29, 0.717) is 39.4 Å². The van der Waals surface area contributed by atoms with Gasteiger partial charge in [0.05, 0.1) is 0 Å². The fourth-order valence-corrected chi connectivity index (χ4v) is 9.75. The predicted molar refractivity (Wildman–Crippen MR) is 142 cm³/mol. The first kappa shape index (κ1) is 27.7. The van der Waals surface area contributed by atoms with Crippen molar-refractivity contribution in [1.82, 2.24) is 0 Å². The molecule has 0 saturated carbocycles. The van der Waals surface area contributed by atoms with Gasteiger partial charge in [0.15, 0.2) is 0 Å². The molecular formula is C22H23Br3OSe3. The molecule has 7 heteroatoms. The van der Waals surface area contributed by atoms with E-state index < -0.39 is 0 Å². The zero-order valence-corrected chi connectivity index (χ0v) is 25.7. The van der Waals surface area contributed by atoms with Gasteiger partial charge in [-0.15, -0.1) is 0 Å². The average Bonchev–Trinajstić information content (AvgIpc) is 3.42. The molecule has 0 bridgehead atoms. The number of halogens is 3. The summed E-state index contributed by atoms with van der Waals surface area (Å²) in [5, 5.41) is 0. The zero-order chi connectivity index (χ0) is 21.0. The van der Waals surface area contributed by atoms with Crippen LogP contribution in [0, 0.1) is 0 Å². The molecule has 0 amide bonds. The Kier molecular flexibility index (Phi) is 19.6. The van der Waals surface area contributed by atoms with Gasteiger partial charge in [0.1, 0.15) is 0 Å². The maximum absolute atomic E-state index is 4.94. The van der Waals surface area contributed by atoms with Crippen LogP contribution in [0.15, 0.2) is 91.0 Å². The Balaban J connectivity index is 0.000000236. The van der Waals surface area contributed by atoms with Crippen molar-refractivity contribution in [3.05, 3.63) is 91.0 Å². The summed E-state index contributed by atoms with van der Waals surface area (Å²) in [5.41, 5.74) is 0. The summed E-state index contributed by atoms with van der Waals surface area (Å²) < 4.78 is 9.34. The summed E-state index contributed by atoms with van der Waals surface area (Å²) in [6, 6.07) is 31.9. The summed E-state index contributed by atoms with van der Waals surface area (Å²) in [6.07, 6.45) is 2.56. The minimum atomic E-state index is 0.480. The molecule has 4 rings (SSSR count). The van der Waals surface area contributed by atoms with Crippen LogP contribution >= 0.6 is 42.4 Å². The van der Waals surface area contributed by atoms with E-state index in [1.165, 1.54) is 26.2 Å². The molecular weight excluding hydrogens is 757 g/mol. The molecule has 156 valence electrons. The normalized spacial score (nSPS) is 11.7. The number of hydrogen-bond acceptors (Lipinski definition) is 1. The van der Waals surface area contributed by atoms with Gasteiger partial charge in [0.2, 0.25) is 0 Å². The van der Waals surface area contributed by atoms with Crippen LogP contribution in [0.5, 0.6) is 0 Å². The third-order valence-electron chi connectivity index (χ3n) is 3.38. The second kappa shape index (κ2) is 20.5. The molecule has 1 fully saturated rings. The van der Waals surface area contributed by atoms with Crippen LogP contribution < -0.4 is 13.4 Å². The van der Waals surface area contributed by atoms with Crippen LogP contribution in [-0.4, -0.2) is 52.6 Å². The van der Waals surface area contributed by atoms with Gasteiger partial charge in [-0.25, -0.2) is 0 Å². The molecule has 29 heavy (non-hydrogen) atoms. The van der Waals surface area contributed by atoms with E-state index in [9.17, 15) is 0 Å². The molecule has 0 aromatic heterocycles. The molecule has 0 spiro atoms. The maximum atomic E-state index is 4.94. The first-order valence-corrected chi connectivity index (χ1v) is 23.5. The topological polar surface area (TPSA) is 9.23 Å². The molecule has 1 heterocycles. The van der Waals surface area contributed by atoms with Gasteiger partial charge in [0, 0.05) is 41.5 Å². The summed E-state index contributed by atoms with van der Waals surface area (Å²) in [6.45, 7) is 2.00. The van der Waals surface area contributed by atoms with Gasteiger partial charge < -0.3 is 4.74 Å². The quantitative estimate of drug-likeness (QED) is 0.347. The van der Waals surface area contributed by atoms with Crippen molar-refractivity contribution in [1.29, 1.82) is 0 Å². The Bertz CT molecular complexity index is 668. The first-order chi connectivity index (χ1) is 14.4. The van der Waals surface area contributed by atoms with Crippen molar-refractivity contribution in [2.45, 2.75) is 12.8 Å². The molecule has 0 aliphatic carbocycles. The van der Waals surface area contributed by atoms with E-state index in [-0.39, 0.29) is 0 Å². The van der Waals surface area contributed by atoms with Crippen molar-refractivity contribution in [3.8, 4) is 0 Å². The Morgan fingerprint density at radius 3 is 1.14 bits per heavy atom. The van der Waals surface area contributed by atoms with Gasteiger partial charge in [-0.05, 0) is 12.8 Å². The Labute approximate surface area is 214 Å². The number of ether oxygens (including phenoxy) is 1. The summed E-state index contributed by atoms with van der Waals surface area (Å²) >= 11 is 10.7. The Morgan fingerprint density at radius 2 is 0.897 bits per heavy atom. The number of hydrogen-bond donors (Lipinski definition) is 0. The molecule has 0 atom stereocenters. The van der Waals surface area contributed by atoms with Crippen molar-refractivity contribution in [2.75, 3.05) is 13.2 Å². The van der Waals surface area contributed by atoms with Crippen molar-refractivity contribution >= 4 is 95.2 Å². The molecule has 3 aromatic carbocycles. The molecule has 1 aliphatic heterocycles. The SMILES string of the molecule is BrBr.Br[Se]c1ccccc1.C1CCOC1.c1ccc([Se][Se]c2ccccc2)cc1. The van der Waals surface area contributed by atoms with Crippen LogP contribution in [0.3, 0.4) is 0 Å². The molecule has 0 radical (unpaired) electrons. The van der Waals surface area contributed by atoms with Crippen LogP contribution in [0.1, 0.15) is 12.8 Å². The third kappa shape index (κ3) is 15.1. The van der Waals surface area contributed by atoms with Crippen molar-refractivity contribution in [3.63, 3.8) is 0 Å². The molecule has 1 aliphatic rings. The molecule has 0 N–H and O–H groups in total. The van der Waals surface area contributed by atoms with Crippen molar-refractivity contribution < 1.29 is 4.74 Å². The minimum absolute atomic E-state index is 0.480. The molecule has 1 saturated heterocycles. The Morgan fingerprint density at radius 1 is 0.552 bits per heavy atom. The van der Waals surface area contributed by atoms with Crippen LogP contribution in [0.2, 0.25) is 0 Å². The predicted octanol–water partition coefficient (Wildman–Crippen LogP) is 4.77. The standard InChI is InChI=1S/C12H10Se2.C6H5BrSe.C4H8O.Br2/c1-3-7-11(8-4-1)13-14-12-9-5-2-6-10-12;7-8-6-4-2-1-3-5-6;1-2-4-5-3-1;1-2/h1-10H;1-5H;1-4H2;. The molecule has 1 nitrogen and oxygen atoms in total. The Hall–Kier alpha value is 0.618. The van der Waals surface area contributed by atoms with E-state index >= 15 is 0 Å². The third-order valence-corrected chi connectivity index (χ3v) is 13.5. The monoisotopic (exact) mass is 780 g/mol. The van der Waals surface area contributed by atoms with Gasteiger partial charge in [-0.1, -0.05) is 0 Å². The van der Waals surface area contributed by atoms with E-state index in [2.05, 4.69) is 127 Å². The number of rotatable bonds is 4. The van der Waals surface area contributed by atoms with Crippen LogP contribution in [0.25, 0.3) is 0 Å². The van der Waals surface area contributed by atoms with E-state index in [1.807, 2.05) is 6.07 Å². The second-order valence-electron chi connectivity index (χ2n) is 5.50. The summed E-state index contributed by atoms with van der Waals surface area (Å²) in [7, 11) is 0. The first-order valence-electron chi connectivity index (χ1n) is 8.89. The average molecular weight is 780 g/mol. The van der Waals surface area contributed by atoms with Gasteiger partial charge >= 0.3 is 158 Å². The van der Waals surface area contributed by atoms with Gasteiger partial charge in [-0.2, -0.15) is 0 Å². The number of benzene rings is 3.